The molecule has 2 aromatic rings. The number of quaternary nitrogens is 1. The van der Waals surface area contributed by atoms with Crippen molar-refractivity contribution < 1.29 is 14.8 Å². The minimum absolute atomic E-state index is 0.273. The van der Waals surface area contributed by atoms with E-state index in [1.54, 1.807) is 6.20 Å². The second-order valence-corrected chi connectivity index (χ2v) is 5.40. The van der Waals surface area contributed by atoms with E-state index in [1.807, 2.05) is 37.3 Å². The SMILES string of the molecule is CC[NH2+]CCNc1cnn(-c2ccccc2)c(=O)c1OCCOCC. The highest BCUT2D eigenvalue weighted by molar-refractivity contribution is 5.54. The third-order valence-electron chi connectivity index (χ3n) is 3.57. The third-order valence-corrected chi connectivity index (χ3v) is 3.57. The van der Waals surface area contributed by atoms with Gasteiger partial charge in [-0.25, -0.2) is 0 Å². The first kappa shape index (κ1) is 19.0. The van der Waals surface area contributed by atoms with Crippen molar-refractivity contribution in [2.24, 2.45) is 0 Å². The van der Waals surface area contributed by atoms with E-state index in [-0.39, 0.29) is 11.3 Å². The first-order chi connectivity index (χ1) is 12.3. The Morgan fingerprint density at radius 1 is 1.20 bits per heavy atom. The van der Waals surface area contributed by atoms with Crippen LogP contribution in [0.5, 0.6) is 5.75 Å². The average Bonchev–Trinajstić information content (AvgIpc) is 2.64. The molecule has 0 aliphatic rings. The zero-order valence-corrected chi connectivity index (χ0v) is 14.9. The molecule has 1 heterocycles. The second-order valence-electron chi connectivity index (χ2n) is 5.40. The zero-order chi connectivity index (χ0) is 17.9. The number of para-hydroxylation sites is 1. The van der Waals surface area contributed by atoms with Gasteiger partial charge in [-0.2, -0.15) is 9.78 Å². The maximum Gasteiger partial charge on any atom is 0.315 e. The summed E-state index contributed by atoms with van der Waals surface area (Å²) in [5, 5.41) is 9.69. The van der Waals surface area contributed by atoms with Crippen molar-refractivity contribution in [2.45, 2.75) is 13.8 Å². The van der Waals surface area contributed by atoms with Crippen LogP contribution in [0.25, 0.3) is 5.69 Å². The molecule has 0 saturated carbocycles. The van der Waals surface area contributed by atoms with E-state index in [0.717, 1.165) is 19.6 Å². The predicted molar refractivity (Wildman–Crippen MR) is 97.6 cm³/mol. The molecule has 0 unspecified atom stereocenters. The number of nitrogens with two attached hydrogens (primary N) is 1. The molecule has 0 atom stereocenters. The Morgan fingerprint density at radius 2 is 2.00 bits per heavy atom. The van der Waals surface area contributed by atoms with Gasteiger partial charge in [-0.3, -0.25) is 4.79 Å². The second kappa shape index (κ2) is 10.5. The van der Waals surface area contributed by atoms with Gasteiger partial charge in [0.15, 0.2) is 0 Å². The number of rotatable bonds is 11. The van der Waals surface area contributed by atoms with Crippen molar-refractivity contribution in [3.63, 3.8) is 0 Å². The summed E-state index contributed by atoms with van der Waals surface area (Å²) < 4.78 is 12.4. The van der Waals surface area contributed by atoms with Crippen molar-refractivity contribution in [3.05, 3.63) is 46.9 Å². The number of aromatic nitrogens is 2. The Bertz CT molecular complexity index is 688. The third kappa shape index (κ3) is 5.58. The summed E-state index contributed by atoms with van der Waals surface area (Å²) in [5.41, 5.74) is 1.03. The molecule has 0 saturated heterocycles. The standard InChI is InChI=1S/C18H26N4O3/c1-3-19-10-11-20-16-14-21-22(15-8-6-5-7-9-15)18(23)17(16)25-13-12-24-4-2/h5-9,14,19-20H,3-4,10-13H2,1-2H3/p+1. The van der Waals surface area contributed by atoms with Crippen LogP contribution in [0.4, 0.5) is 5.69 Å². The summed E-state index contributed by atoms with van der Waals surface area (Å²) >= 11 is 0. The Labute approximate surface area is 148 Å². The molecule has 1 aromatic heterocycles. The van der Waals surface area contributed by atoms with E-state index >= 15 is 0 Å². The van der Waals surface area contributed by atoms with Gasteiger partial charge in [0.2, 0.25) is 5.75 Å². The quantitative estimate of drug-likeness (QED) is 0.583. The van der Waals surface area contributed by atoms with Crippen molar-refractivity contribution >= 4 is 5.69 Å². The largest absolute Gasteiger partial charge is 0.484 e. The molecule has 25 heavy (non-hydrogen) atoms. The highest BCUT2D eigenvalue weighted by Gasteiger charge is 2.14. The molecule has 7 heteroatoms. The van der Waals surface area contributed by atoms with Gasteiger partial charge in [-0.05, 0) is 26.0 Å². The summed E-state index contributed by atoms with van der Waals surface area (Å²) in [5.74, 6) is 0.273. The van der Waals surface area contributed by atoms with Crippen LogP contribution in [0.1, 0.15) is 13.8 Å². The van der Waals surface area contributed by atoms with Gasteiger partial charge >= 0.3 is 5.56 Å². The van der Waals surface area contributed by atoms with Crippen molar-refractivity contribution in [1.82, 2.24) is 9.78 Å². The Morgan fingerprint density at radius 3 is 2.72 bits per heavy atom. The topological polar surface area (TPSA) is 82.0 Å². The molecular weight excluding hydrogens is 320 g/mol. The number of hydrogen-bond donors (Lipinski definition) is 2. The summed E-state index contributed by atoms with van der Waals surface area (Å²) in [6.07, 6.45) is 1.64. The van der Waals surface area contributed by atoms with Crippen molar-refractivity contribution in [2.75, 3.05) is 44.8 Å². The number of nitrogens with zero attached hydrogens (tertiary/aromatic N) is 2. The Hall–Kier alpha value is -2.38. The van der Waals surface area contributed by atoms with E-state index in [0.29, 0.717) is 31.2 Å². The predicted octanol–water partition coefficient (Wildman–Crippen LogP) is 0.643. The minimum atomic E-state index is -0.285. The summed E-state index contributed by atoms with van der Waals surface area (Å²) in [7, 11) is 0. The van der Waals surface area contributed by atoms with Gasteiger partial charge in [0.05, 0.1) is 38.1 Å². The lowest BCUT2D eigenvalue weighted by Crippen LogP contribution is -2.84. The highest BCUT2D eigenvalue weighted by atomic mass is 16.5. The van der Waals surface area contributed by atoms with Crippen molar-refractivity contribution in [1.29, 1.82) is 0 Å². The molecule has 136 valence electrons. The molecule has 0 aliphatic carbocycles. The molecular formula is C18H27N4O3+. The molecule has 7 nitrogen and oxygen atoms in total. The van der Waals surface area contributed by atoms with Gasteiger partial charge in [0.1, 0.15) is 12.3 Å². The van der Waals surface area contributed by atoms with Gasteiger partial charge < -0.3 is 20.1 Å². The van der Waals surface area contributed by atoms with Gasteiger partial charge in [0.25, 0.3) is 0 Å². The molecule has 0 spiro atoms. The lowest BCUT2D eigenvalue weighted by molar-refractivity contribution is -0.648. The summed E-state index contributed by atoms with van der Waals surface area (Å²) in [6.45, 7) is 8.06. The fourth-order valence-corrected chi connectivity index (χ4v) is 2.32. The summed E-state index contributed by atoms with van der Waals surface area (Å²) in [4.78, 5) is 12.8. The minimum Gasteiger partial charge on any atom is -0.484 e. The van der Waals surface area contributed by atoms with Gasteiger partial charge in [-0.1, -0.05) is 18.2 Å². The zero-order valence-electron chi connectivity index (χ0n) is 14.9. The number of anilines is 1. The maximum absolute atomic E-state index is 12.8. The van der Waals surface area contributed by atoms with Gasteiger partial charge in [0, 0.05) is 6.61 Å². The van der Waals surface area contributed by atoms with E-state index in [1.165, 1.54) is 4.68 Å². The normalized spacial score (nSPS) is 10.6. The van der Waals surface area contributed by atoms with Gasteiger partial charge in [-0.15, -0.1) is 0 Å². The molecule has 0 fully saturated rings. The number of nitrogens with one attached hydrogen (secondary N) is 1. The first-order valence-corrected chi connectivity index (χ1v) is 8.71. The molecule has 3 N–H and O–H groups in total. The van der Waals surface area contributed by atoms with Crippen LogP contribution in [-0.2, 0) is 4.74 Å². The maximum atomic E-state index is 12.8. The number of benzene rings is 1. The smallest absolute Gasteiger partial charge is 0.315 e. The highest BCUT2D eigenvalue weighted by Crippen LogP contribution is 2.19. The van der Waals surface area contributed by atoms with E-state index in [2.05, 4.69) is 22.7 Å². The molecule has 0 radical (unpaired) electrons. The Kier molecular flexibility index (Phi) is 7.94. The van der Waals surface area contributed by atoms with E-state index < -0.39 is 0 Å². The number of hydrogen-bond acceptors (Lipinski definition) is 5. The summed E-state index contributed by atoms with van der Waals surface area (Å²) in [6, 6.07) is 9.30. The molecule has 1 aromatic carbocycles. The average molecular weight is 347 g/mol. The van der Waals surface area contributed by atoms with Crippen molar-refractivity contribution in [3.8, 4) is 11.4 Å². The van der Waals surface area contributed by atoms with Crippen LogP contribution in [-0.4, -0.2) is 49.2 Å². The van der Waals surface area contributed by atoms with Crippen LogP contribution in [0, 0.1) is 0 Å². The van der Waals surface area contributed by atoms with E-state index in [9.17, 15) is 4.79 Å². The number of ether oxygens (including phenoxy) is 2. The van der Waals surface area contributed by atoms with Crippen LogP contribution in [0.2, 0.25) is 0 Å². The molecule has 2 rings (SSSR count). The molecule has 0 aliphatic heterocycles. The fraction of sp³-hybridized carbons (Fsp3) is 0.444. The molecule has 0 bridgehead atoms. The number of likely N-dealkylation sites (N-methyl/N-ethyl adjacent to an activating group) is 1. The van der Waals surface area contributed by atoms with Crippen LogP contribution >= 0.6 is 0 Å². The molecule has 0 amide bonds. The van der Waals surface area contributed by atoms with Crippen LogP contribution in [0.15, 0.2) is 41.3 Å². The first-order valence-electron chi connectivity index (χ1n) is 8.71. The fourth-order valence-electron chi connectivity index (χ4n) is 2.32. The van der Waals surface area contributed by atoms with Crippen LogP contribution in [0.3, 0.4) is 0 Å². The lowest BCUT2D eigenvalue weighted by Gasteiger charge is -2.14. The lowest BCUT2D eigenvalue weighted by atomic mass is 10.3. The van der Waals surface area contributed by atoms with Crippen LogP contribution < -0.4 is 20.9 Å². The monoisotopic (exact) mass is 347 g/mol. The Balaban J connectivity index is 2.22. The van der Waals surface area contributed by atoms with E-state index in [4.69, 9.17) is 9.47 Å².